The van der Waals surface area contributed by atoms with Gasteiger partial charge in [-0.1, -0.05) is 15.9 Å². The fourth-order valence-corrected chi connectivity index (χ4v) is 7.82. The van der Waals surface area contributed by atoms with Crippen molar-refractivity contribution in [1.29, 1.82) is 0 Å². The Hall–Kier alpha value is -0.390. The van der Waals surface area contributed by atoms with E-state index >= 15 is 0 Å². The molecular formula is C18H24BrNO2S. The van der Waals surface area contributed by atoms with Gasteiger partial charge in [0.2, 0.25) is 10.0 Å². The van der Waals surface area contributed by atoms with Gasteiger partial charge in [0, 0.05) is 10.0 Å². The largest absolute Gasteiger partial charge is 0.241 e. The van der Waals surface area contributed by atoms with Crippen LogP contribution in [-0.2, 0) is 10.0 Å². The SMILES string of the molecule is Cc1cc(S(=O)(=O)NC23CC4CC(CC(C4)C2)C3)c(C)cc1Br. The van der Waals surface area contributed by atoms with Crippen molar-refractivity contribution in [2.75, 3.05) is 0 Å². The summed E-state index contributed by atoms with van der Waals surface area (Å²) < 4.78 is 30.3. The van der Waals surface area contributed by atoms with Crippen LogP contribution in [0, 0.1) is 31.6 Å². The first-order valence-electron chi connectivity index (χ1n) is 8.57. The molecule has 0 unspecified atom stereocenters. The first kappa shape index (κ1) is 16.1. The number of sulfonamides is 1. The Balaban J connectivity index is 1.67. The van der Waals surface area contributed by atoms with E-state index in [-0.39, 0.29) is 5.54 Å². The molecule has 0 spiro atoms. The lowest BCUT2D eigenvalue weighted by atomic mass is 9.53. The smallest absolute Gasteiger partial charge is 0.207 e. The normalized spacial score (nSPS) is 35.7. The summed E-state index contributed by atoms with van der Waals surface area (Å²) in [5.41, 5.74) is 1.59. The Morgan fingerprint density at radius 2 is 1.52 bits per heavy atom. The van der Waals surface area contributed by atoms with E-state index in [9.17, 15) is 8.42 Å². The third-order valence-corrected chi connectivity index (χ3v) is 8.71. The zero-order valence-electron chi connectivity index (χ0n) is 13.7. The van der Waals surface area contributed by atoms with Crippen LogP contribution < -0.4 is 4.72 Å². The molecule has 126 valence electrons. The van der Waals surface area contributed by atoms with Crippen molar-refractivity contribution >= 4 is 26.0 Å². The summed E-state index contributed by atoms with van der Waals surface area (Å²) in [7, 11) is -3.46. The average Bonchev–Trinajstić information content (AvgIpc) is 2.39. The van der Waals surface area contributed by atoms with E-state index in [4.69, 9.17) is 0 Å². The maximum atomic E-state index is 13.1. The standard InChI is InChI=1S/C18H24BrNO2S/c1-11-4-17(12(2)3-16(11)19)23(21,22)20-18-8-13-5-14(9-18)7-15(6-13)10-18/h3-4,13-15,20H,5-10H2,1-2H3. The van der Waals surface area contributed by atoms with Crippen molar-refractivity contribution in [3.63, 3.8) is 0 Å². The average molecular weight is 398 g/mol. The van der Waals surface area contributed by atoms with Crippen molar-refractivity contribution in [3.05, 3.63) is 27.7 Å². The zero-order chi connectivity index (χ0) is 16.4. The summed E-state index contributed by atoms with van der Waals surface area (Å²) in [6, 6.07) is 3.70. The molecule has 3 nitrogen and oxygen atoms in total. The van der Waals surface area contributed by atoms with Crippen LogP contribution >= 0.6 is 15.9 Å². The lowest BCUT2D eigenvalue weighted by Crippen LogP contribution is -2.59. The van der Waals surface area contributed by atoms with Gasteiger partial charge in [-0.05, 0) is 93.4 Å². The van der Waals surface area contributed by atoms with Crippen molar-refractivity contribution < 1.29 is 8.42 Å². The van der Waals surface area contributed by atoms with E-state index in [1.165, 1.54) is 19.3 Å². The molecule has 4 fully saturated rings. The second-order valence-electron chi connectivity index (χ2n) is 8.17. The van der Waals surface area contributed by atoms with E-state index < -0.39 is 10.0 Å². The molecule has 23 heavy (non-hydrogen) atoms. The molecule has 0 aliphatic heterocycles. The van der Waals surface area contributed by atoms with Crippen LogP contribution in [0.5, 0.6) is 0 Å². The second-order valence-corrected chi connectivity index (χ2v) is 10.7. The summed E-state index contributed by atoms with van der Waals surface area (Å²) in [6.07, 6.45) is 7.05. The fraction of sp³-hybridized carbons (Fsp3) is 0.667. The number of nitrogens with one attached hydrogen (secondary N) is 1. The van der Waals surface area contributed by atoms with E-state index in [1.54, 1.807) is 6.07 Å². The molecule has 1 N–H and O–H groups in total. The Morgan fingerprint density at radius 1 is 1.00 bits per heavy atom. The number of aryl methyl sites for hydroxylation is 2. The first-order valence-corrected chi connectivity index (χ1v) is 10.8. The lowest BCUT2D eigenvalue weighted by molar-refractivity contribution is -0.00810. The Kier molecular flexibility index (Phi) is 3.71. The van der Waals surface area contributed by atoms with Gasteiger partial charge in [-0.3, -0.25) is 0 Å². The van der Waals surface area contributed by atoms with Crippen molar-refractivity contribution in [1.82, 2.24) is 4.72 Å². The topological polar surface area (TPSA) is 46.2 Å². The highest BCUT2D eigenvalue weighted by atomic mass is 79.9. The molecule has 4 aliphatic carbocycles. The van der Waals surface area contributed by atoms with Gasteiger partial charge in [-0.15, -0.1) is 0 Å². The second kappa shape index (κ2) is 5.30. The van der Waals surface area contributed by atoms with E-state index in [2.05, 4.69) is 20.7 Å². The lowest BCUT2D eigenvalue weighted by Gasteiger charge is -2.56. The van der Waals surface area contributed by atoms with Gasteiger partial charge in [0.25, 0.3) is 0 Å². The molecule has 5 rings (SSSR count). The number of hydrogen-bond acceptors (Lipinski definition) is 2. The van der Waals surface area contributed by atoms with Crippen LogP contribution in [-0.4, -0.2) is 14.0 Å². The minimum absolute atomic E-state index is 0.180. The minimum Gasteiger partial charge on any atom is -0.207 e. The van der Waals surface area contributed by atoms with Gasteiger partial charge in [-0.2, -0.15) is 0 Å². The molecule has 0 saturated heterocycles. The minimum atomic E-state index is -3.46. The van der Waals surface area contributed by atoms with Gasteiger partial charge >= 0.3 is 0 Å². The molecule has 0 aromatic heterocycles. The van der Waals surface area contributed by atoms with Crippen LogP contribution in [0.1, 0.15) is 49.7 Å². The number of halogens is 1. The van der Waals surface area contributed by atoms with Crippen LogP contribution in [0.2, 0.25) is 0 Å². The van der Waals surface area contributed by atoms with Gasteiger partial charge in [-0.25, -0.2) is 13.1 Å². The first-order chi connectivity index (χ1) is 10.8. The monoisotopic (exact) mass is 397 g/mol. The van der Waals surface area contributed by atoms with Crippen molar-refractivity contribution in [3.8, 4) is 0 Å². The van der Waals surface area contributed by atoms with Crippen LogP contribution in [0.25, 0.3) is 0 Å². The summed E-state index contributed by atoms with van der Waals surface area (Å²) in [6.45, 7) is 3.81. The molecule has 0 heterocycles. The highest BCUT2D eigenvalue weighted by Crippen LogP contribution is 2.56. The van der Waals surface area contributed by atoms with E-state index in [1.807, 2.05) is 19.9 Å². The van der Waals surface area contributed by atoms with Crippen LogP contribution in [0.4, 0.5) is 0 Å². The number of hydrogen-bond donors (Lipinski definition) is 1. The molecule has 4 bridgehead atoms. The van der Waals surface area contributed by atoms with Crippen molar-refractivity contribution in [2.45, 2.75) is 62.8 Å². The summed E-state index contributed by atoms with van der Waals surface area (Å²) in [5.74, 6) is 2.20. The maximum absolute atomic E-state index is 13.1. The summed E-state index contributed by atoms with van der Waals surface area (Å²) in [4.78, 5) is 0.439. The molecule has 0 radical (unpaired) electrons. The predicted octanol–water partition coefficient (Wildman–Crippen LogP) is 4.31. The Bertz CT molecular complexity index is 721. The third kappa shape index (κ3) is 2.79. The molecule has 4 saturated carbocycles. The maximum Gasteiger partial charge on any atom is 0.241 e. The predicted molar refractivity (Wildman–Crippen MR) is 94.8 cm³/mol. The van der Waals surface area contributed by atoms with Crippen molar-refractivity contribution in [2.24, 2.45) is 17.8 Å². The highest BCUT2D eigenvalue weighted by Gasteiger charge is 2.52. The molecule has 0 atom stereocenters. The van der Waals surface area contributed by atoms with Gasteiger partial charge in [0.05, 0.1) is 4.90 Å². The molecule has 1 aromatic carbocycles. The third-order valence-electron chi connectivity index (χ3n) is 6.13. The molecular weight excluding hydrogens is 374 g/mol. The van der Waals surface area contributed by atoms with E-state index in [0.29, 0.717) is 4.90 Å². The van der Waals surface area contributed by atoms with E-state index in [0.717, 1.165) is 52.6 Å². The number of benzene rings is 1. The van der Waals surface area contributed by atoms with Gasteiger partial charge < -0.3 is 0 Å². The summed E-state index contributed by atoms with van der Waals surface area (Å²) >= 11 is 3.49. The van der Waals surface area contributed by atoms with Gasteiger partial charge in [0.15, 0.2) is 0 Å². The Labute approximate surface area is 147 Å². The van der Waals surface area contributed by atoms with Gasteiger partial charge in [0.1, 0.15) is 0 Å². The molecule has 1 aromatic rings. The quantitative estimate of drug-likeness (QED) is 0.825. The zero-order valence-corrected chi connectivity index (χ0v) is 16.1. The van der Waals surface area contributed by atoms with Crippen LogP contribution in [0.3, 0.4) is 0 Å². The molecule has 0 amide bonds. The number of rotatable bonds is 3. The molecule has 4 aliphatic rings. The Morgan fingerprint density at radius 3 is 2.04 bits per heavy atom. The summed E-state index contributed by atoms with van der Waals surface area (Å²) in [5, 5.41) is 0. The molecule has 5 heteroatoms. The fourth-order valence-electron chi connectivity index (χ4n) is 5.62. The van der Waals surface area contributed by atoms with Crippen LogP contribution in [0.15, 0.2) is 21.5 Å². The highest BCUT2D eigenvalue weighted by molar-refractivity contribution is 9.10.